The highest BCUT2D eigenvalue weighted by Crippen LogP contribution is 2.33. The second-order valence-electron chi connectivity index (χ2n) is 5.99. The maximum atomic E-state index is 11.6. The van der Waals surface area contributed by atoms with Crippen LogP contribution < -0.4 is 15.9 Å². The second kappa shape index (κ2) is 7.09. The Morgan fingerprint density at radius 1 is 0.720 bits per heavy atom. The molecule has 0 saturated heterocycles. The summed E-state index contributed by atoms with van der Waals surface area (Å²) in [5, 5.41) is 3.18. The highest BCUT2D eigenvalue weighted by molar-refractivity contribution is 7.86. The van der Waals surface area contributed by atoms with Gasteiger partial charge < -0.3 is 0 Å². The zero-order valence-electron chi connectivity index (χ0n) is 14.0. The van der Waals surface area contributed by atoms with E-state index >= 15 is 0 Å². The lowest BCUT2D eigenvalue weighted by atomic mass is 10.2. The van der Waals surface area contributed by atoms with Crippen LogP contribution in [0, 0.1) is 13.8 Å². The summed E-state index contributed by atoms with van der Waals surface area (Å²) >= 11 is 0. The van der Waals surface area contributed by atoms with Gasteiger partial charge >= 0.3 is 0 Å². The van der Waals surface area contributed by atoms with Crippen LogP contribution in [0.3, 0.4) is 0 Å². The third-order valence-electron chi connectivity index (χ3n) is 3.89. The Morgan fingerprint density at radius 2 is 1.16 bits per heavy atom. The van der Waals surface area contributed by atoms with Crippen molar-refractivity contribution in [3.8, 4) is 0 Å². The normalized spacial score (nSPS) is 11.7. The molecule has 0 radical (unpaired) electrons. The van der Waals surface area contributed by atoms with Crippen LogP contribution in [0.1, 0.15) is 11.1 Å². The first-order chi connectivity index (χ1) is 11.8. The van der Waals surface area contributed by atoms with Crippen molar-refractivity contribution in [1.29, 1.82) is 0 Å². The molecule has 0 aliphatic rings. The van der Waals surface area contributed by atoms with Crippen LogP contribution in [-0.4, -0.2) is 13.0 Å². The average Bonchev–Trinajstić information content (AvgIpc) is 2.55. The quantitative estimate of drug-likeness (QED) is 0.566. The summed E-state index contributed by atoms with van der Waals surface area (Å²) in [7, 11) is -5.15. The van der Waals surface area contributed by atoms with E-state index in [1.807, 2.05) is 44.2 Å². The maximum absolute atomic E-state index is 11.6. The molecular formula is C20H19O3PS. The summed E-state index contributed by atoms with van der Waals surface area (Å²) in [6.07, 6.45) is 0. The minimum absolute atomic E-state index is 0.0715. The third kappa shape index (κ3) is 4.16. The summed E-state index contributed by atoms with van der Waals surface area (Å²) < 4.78 is 32.5. The summed E-state index contributed by atoms with van der Waals surface area (Å²) in [6, 6.07) is 23.1. The van der Waals surface area contributed by atoms with E-state index in [9.17, 15) is 13.0 Å². The zero-order chi connectivity index (χ0) is 18.0. The molecule has 0 heterocycles. The Balaban J connectivity index is 2.22. The SMILES string of the molecule is Cc1cccc(P(c2cccc(C)c2)c2cccc(S(=O)(=O)O)c2)c1. The van der Waals surface area contributed by atoms with E-state index in [2.05, 4.69) is 24.3 Å². The summed E-state index contributed by atoms with van der Waals surface area (Å²) in [6.45, 7) is 4.09. The smallest absolute Gasteiger partial charge is 0.282 e. The summed E-state index contributed by atoms with van der Waals surface area (Å²) in [5.74, 6) is 0. The molecule has 0 atom stereocenters. The van der Waals surface area contributed by atoms with E-state index in [0.29, 0.717) is 0 Å². The fourth-order valence-electron chi connectivity index (χ4n) is 2.76. The van der Waals surface area contributed by atoms with Gasteiger partial charge in [0, 0.05) is 0 Å². The van der Waals surface area contributed by atoms with E-state index in [0.717, 1.165) is 27.0 Å². The van der Waals surface area contributed by atoms with Gasteiger partial charge in [-0.1, -0.05) is 71.8 Å². The van der Waals surface area contributed by atoms with Crippen molar-refractivity contribution in [2.75, 3.05) is 0 Å². The van der Waals surface area contributed by atoms with E-state index < -0.39 is 18.0 Å². The monoisotopic (exact) mass is 370 g/mol. The number of hydrogen-bond acceptors (Lipinski definition) is 2. The predicted molar refractivity (Wildman–Crippen MR) is 104 cm³/mol. The van der Waals surface area contributed by atoms with Gasteiger partial charge in [0.1, 0.15) is 0 Å². The summed E-state index contributed by atoms with van der Waals surface area (Å²) in [5.41, 5.74) is 2.31. The van der Waals surface area contributed by atoms with Crippen molar-refractivity contribution in [3.05, 3.63) is 83.9 Å². The van der Waals surface area contributed by atoms with E-state index in [-0.39, 0.29) is 4.90 Å². The molecule has 3 rings (SSSR count). The van der Waals surface area contributed by atoms with E-state index in [4.69, 9.17) is 0 Å². The first-order valence-corrected chi connectivity index (χ1v) is 10.6. The highest BCUT2D eigenvalue weighted by Gasteiger charge is 2.19. The van der Waals surface area contributed by atoms with Gasteiger partial charge in [-0.05, 0) is 49.8 Å². The molecule has 0 amide bonds. The van der Waals surface area contributed by atoms with Crippen molar-refractivity contribution >= 4 is 34.0 Å². The molecular weight excluding hydrogens is 351 g/mol. The molecule has 3 aromatic carbocycles. The topological polar surface area (TPSA) is 54.4 Å². The Kier molecular flexibility index (Phi) is 5.05. The molecule has 1 N–H and O–H groups in total. The van der Waals surface area contributed by atoms with Crippen LogP contribution in [-0.2, 0) is 10.1 Å². The summed E-state index contributed by atoms with van der Waals surface area (Å²) in [4.78, 5) is -0.0715. The first kappa shape index (κ1) is 17.8. The largest absolute Gasteiger partial charge is 0.294 e. The maximum Gasteiger partial charge on any atom is 0.294 e. The molecule has 3 aromatic rings. The number of benzene rings is 3. The van der Waals surface area contributed by atoms with Crippen LogP contribution in [0.5, 0.6) is 0 Å². The van der Waals surface area contributed by atoms with Crippen LogP contribution in [0.2, 0.25) is 0 Å². The van der Waals surface area contributed by atoms with Crippen molar-refractivity contribution in [2.24, 2.45) is 0 Å². The Bertz CT molecular complexity index is 967. The van der Waals surface area contributed by atoms with Gasteiger partial charge in [0.05, 0.1) is 4.90 Å². The molecule has 0 aliphatic heterocycles. The van der Waals surface area contributed by atoms with Gasteiger partial charge in [0.15, 0.2) is 0 Å². The van der Waals surface area contributed by atoms with Gasteiger partial charge in [-0.3, -0.25) is 4.55 Å². The van der Waals surface area contributed by atoms with Crippen LogP contribution in [0.15, 0.2) is 77.7 Å². The van der Waals surface area contributed by atoms with E-state index in [1.165, 1.54) is 6.07 Å². The third-order valence-corrected chi connectivity index (χ3v) is 7.13. The highest BCUT2D eigenvalue weighted by atomic mass is 32.2. The Hall–Kier alpha value is -2.00. The van der Waals surface area contributed by atoms with Gasteiger partial charge in [0.2, 0.25) is 0 Å². The zero-order valence-corrected chi connectivity index (χ0v) is 15.8. The molecule has 0 unspecified atom stereocenters. The average molecular weight is 370 g/mol. The van der Waals surface area contributed by atoms with Crippen molar-refractivity contribution in [3.63, 3.8) is 0 Å². The van der Waals surface area contributed by atoms with Crippen LogP contribution in [0.25, 0.3) is 0 Å². The lowest BCUT2D eigenvalue weighted by Gasteiger charge is -2.20. The Morgan fingerprint density at radius 3 is 1.60 bits per heavy atom. The number of rotatable bonds is 4. The van der Waals surface area contributed by atoms with Crippen molar-refractivity contribution in [2.45, 2.75) is 18.7 Å². The molecule has 3 nitrogen and oxygen atoms in total. The van der Waals surface area contributed by atoms with Gasteiger partial charge in [0.25, 0.3) is 10.1 Å². The lowest BCUT2D eigenvalue weighted by molar-refractivity contribution is 0.483. The standard InChI is InChI=1S/C20H19O3PS/c1-15-6-3-8-17(12-15)24(18-9-4-7-16(2)13-18)19-10-5-11-20(14-19)25(21,22)23/h3-14H,1-2H3,(H,21,22,23). The molecule has 0 aromatic heterocycles. The van der Waals surface area contributed by atoms with Crippen molar-refractivity contribution < 1.29 is 13.0 Å². The molecule has 0 bridgehead atoms. The minimum Gasteiger partial charge on any atom is -0.282 e. The Labute approximate surface area is 149 Å². The molecule has 0 aliphatic carbocycles. The van der Waals surface area contributed by atoms with Gasteiger partial charge in [-0.15, -0.1) is 0 Å². The van der Waals surface area contributed by atoms with Crippen molar-refractivity contribution in [1.82, 2.24) is 0 Å². The minimum atomic E-state index is -4.23. The molecule has 0 spiro atoms. The van der Waals surface area contributed by atoms with E-state index in [1.54, 1.807) is 12.1 Å². The molecule has 25 heavy (non-hydrogen) atoms. The van der Waals surface area contributed by atoms with Crippen LogP contribution in [0.4, 0.5) is 0 Å². The fourth-order valence-corrected chi connectivity index (χ4v) is 5.91. The van der Waals surface area contributed by atoms with Crippen LogP contribution >= 0.6 is 7.92 Å². The molecule has 0 fully saturated rings. The predicted octanol–water partition coefficient (Wildman–Crippen LogP) is 3.31. The molecule has 0 saturated carbocycles. The second-order valence-corrected chi connectivity index (χ2v) is 9.63. The number of aryl methyl sites for hydroxylation is 2. The first-order valence-electron chi connectivity index (χ1n) is 7.85. The molecule has 5 heteroatoms. The van der Waals surface area contributed by atoms with Gasteiger partial charge in [-0.2, -0.15) is 8.42 Å². The number of hydrogen-bond donors (Lipinski definition) is 1. The fraction of sp³-hybridized carbons (Fsp3) is 0.100. The molecule has 128 valence electrons. The van der Waals surface area contributed by atoms with Gasteiger partial charge in [-0.25, -0.2) is 0 Å². The lowest BCUT2D eigenvalue weighted by Crippen LogP contribution is -2.21.